The third kappa shape index (κ3) is 4.59. The maximum atomic E-state index is 3.62. The SMILES string of the molecule is CCc1ccsc1CNCCC(C)C1CCCNC1. The van der Waals surface area contributed by atoms with Crippen molar-refractivity contribution < 1.29 is 0 Å². The summed E-state index contributed by atoms with van der Waals surface area (Å²) >= 11 is 1.89. The third-order valence-corrected chi connectivity index (χ3v) is 5.38. The van der Waals surface area contributed by atoms with E-state index >= 15 is 0 Å². The number of rotatable bonds is 7. The van der Waals surface area contributed by atoms with Crippen molar-refractivity contribution in [1.29, 1.82) is 0 Å². The van der Waals surface area contributed by atoms with Crippen LogP contribution >= 0.6 is 11.3 Å². The normalized spacial score (nSPS) is 21.5. The first-order valence-electron chi connectivity index (χ1n) is 7.78. The highest BCUT2D eigenvalue weighted by atomic mass is 32.1. The first kappa shape index (κ1) is 15.0. The Bertz CT molecular complexity index is 355. The lowest BCUT2D eigenvalue weighted by molar-refractivity contribution is 0.266. The molecular formula is C16H28N2S. The van der Waals surface area contributed by atoms with Gasteiger partial charge in [0.2, 0.25) is 0 Å². The van der Waals surface area contributed by atoms with Gasteiger partial charge in [0.1, 0.15) is 0 Å². The van der Waals surface area contributed by atoms with Crippen LogP contribution in [0.25, 0.3) is 0 Å². The third-order valence-electron chi connectivity index (χ3n) is 4.42. The van der Waals surface area contributed by atoms with Crippen LogP contribution in [0.15, 0.2) is 11.4 Å². The van der Waals surface area contributed by atoms with Gasteiger partial charge in [0, 0.05) is 11.4 Å². The Morgan fingerprint density at radius 2 is 2.42 bits per heavy atom. The average Bonchev–Trinajstić information content (AvgIpc) is 2.91. The Balaban J connectivity index is 1.63. The van der Waals surface area contributed by atoms with Gasteiger partial charge < -0.3 is 10.6 Å². The minimum absolute atomic E-state index is 0.842. The van der Waals surface area contributed by atoms with Crippen molar-refractivity contribution >= 4 is 11.3 Å². The fourth-order valence-corrected chi connectivity index (χ4v) is 3.91. The minimum Gasteiger partial charge on any atom is -0.316 e. The van der Waals surface area contributed by atoms with Crippen molar-refractivity contribution in [3.05, 3.63) is 21.9 Å². The molecule has 108 valence electrons. The minimum atomic E-state index is 0.842. The Morgan fingerprint density at radius 3 is 3.16 bits per heavy atom. The predicted octanol–water partition coefficient (Wildman–Crippen LogP) is 3.43. The van der Waals surface area contributed by atoms with Gasteiger partial charge in [-0.15, -0.1) is 11.3 Å². The van der Waals surface area contributed by atoms with E-state index in [1.54, 1.807) is 0 Å². The number of hydrogen-bond donors (Lipinski definition) is 2. The van der Waals surface area contributed by atoms with Gasteiger partial charge in [0.25, 0.3) is 0 Å². The fraction of sp³-hybridized carbons (Fsp3) is 0.750. The zero-order chi connectivity index (χ0) is 13.5. The van der Waals surface area contributed by atoms with Gasteiger partial charge >= 0.3 is 0 Å². The standard InChI is InChI=1S/C16H28N2S/c1-3-14-7-10-19-16(14)12-18-9-6-13(2)15-5-4-8-17-11-15/h7,10,13,15,17-18H,3-6,8-9,11-12H2,1-2H3. The Hall–Kier alpha value is -0.380. The molecule has 2 atom stereocenters. The lowest BCUT2D eigenvalue weighted by atomic mass is 9.85. The van der Waals surface area contributed by atoms with Crippen LogP contribution in [0.5, 0.6) is 0 Å². The molecular weight excluding hydrogens is 252 g/mol. The van der Waals surface area contributed by atoms with Crippen molar-refractivity contribution in [2.45, 2.75) is 46.1 Å². The summed E-state index contributed by atoms with van der Waals surface area (Å²) in [5.74, 6) is 1.73. The summed E-state index contributed by atoms with van der Waals surface area (Å²) in [5.41, 5.74) is 1.52. The smallest absolute Gasteiger partial charge is 0.0302 e. The van der Waals surface area contributed by atoms with Crippen LogP contribution < -0.4 is 10.6 Å². The van der Waals surface area contributed by atoms with Crippen LogP contribution in [0, 0.1) is 11.8 Å². The summed E-state index contributed by atoms with van der Waals surface area (Å²) in [4.78, 5) is 1.52. The first-order chi connectivity index (χ1) is 9.31. The number of hydrogen-bond acceptors (Lipinski definition) is 3. The van der Waals surface area contributed by atoms with Crippen LogP contribution in [0.3, 0.4) is 0 Å². The van der Waals surface area contributed by atoms with Crippen molar-refractivity contribution in [2.24, 2.45) is 11.8 Å². The maximum Gasteiger partial charge on any atom is 0.0302 e. The highest BCUT2D eigenvalue weighted by molar-refractivity contribution is 7.10. The van der Waals surface area contributed by atoms with E-state index < -0.39 is 0 Å². The zero-order valence-corrected chi connectivity index (χ0v) is 13.2. The molecule has 1 fully saturated rings. The molecule has 0 saturated carbocycles. The van der Waals surface area contributed by atoms with Gasteiger partial charge in [-0.05, 0) is 74.2 Å². The molecule has 0 spiro atoms. The molecule has 1 saturated heterocycles. The zero-order valence-electron chi connectivity index (χ0n) is 12.4. The summed E-state index contributed by atoms with van der Waals surface area (Å²) in [6.07, 6.45) is 5.24. The number of thiophene rings is 1. The molecule has 1 aromatic rings. The molecule has 1 aliphatic rings. The van der Waals surface area contributed by atoms with E-state index in [9.17, 15) is 0 Å². The summed E-state index contributed by atoms with van der Waals surface area (Å²) in [5, 5.41) is 9.36. The second-order valence-electron chi connectivity index (χ2n) is 5.77. The van der Waals surface area contributed by atoms with E-state index in [1.165, 1.54) is 42.8 Å². The molecule has 2 nitrogen and oxygen atoms in total. The molecule has 0 amide bonds. The van der Waals surface area contributed by atoms with E-state index in [1.807, 2.05) is 11.3 Å². The second-order valence-corrected chi connectivity index (χ2v) is 6.77. The van der Waals surface area contributed by atoms with Crippen LogP contribution in [-0.4, -0.2) is 19.6 Å². The molecule has 0 aromatic carbocycles. The van der Waals surface area contributed by atoms with E-state index in [4.69, 9.17) is 0 Å². The Morgan fingerprint density at radius 1 is 1.53 bits per heavy atom. The molecule has 3 heteroatoms. The molecule has 0 bridgehead atoms. The van der Waals surface area contributed by atoms with Crippen molar-refractivity contribution in [2.75, 3.05) is 19.6 Å². The summed E-state index contributed by atoms with van der Waals surface area (Å²) < 4.78 is 0. The molecule has 0 radical (unpaired) electrons. The molecule has 2 heterocycles. The molecule has 1 aromatic heterocycles. The van der Waals surface area contributed by atoms with E-state index in [-0.39, 0.29) is 0 Å². The molecule has 19 heavy (non-hydrogen) atoms. The van der Waals surface area contributed by atoms with E-state index in [0.29, 0.717) is 0 Å². The maximum absolute atomic E-state index is 3.62. The highest BCUT2D eigenvalue weighted by Gasteiger charge is 2.19. The van der Waals surface area contributed by atoms with Crippen molar-refractivity contribution in [1.82, 2.24) is 10.6 Å². The highest BCUT2D eigenvalue weighted by Crippen LogP contribution is 2.22. The monoisotopic (exact) mass is 280 g/mol. The molecule has 2 N–H and O–H groups in total. The molecule has 2 rings (SSSR count). The van der Waals surface area contributed by atoms with Crippen LogP contribution in [-0.2, 0) is 13.0 Å². The van der Waals surface area contributed by atoms with Gasteiger partial charge in [-0.3, -0.25) is 0 Å². The number of piperidine rings is 1. The largest absolute Gasteiger partial charge is 0.316 e. The van der Waals surface area contributed by atoms with Gasteiger partial charge in [-0.1, -0.05) is 13.8 Å². The van der Waals surface area contributed by atoms with E-state index in [0.717, 1.165) is 31.3 Å². The lowest BCUT2D eigenvalue weighted by Gasteiger charge is -2.28. The van der Waals surface area contributed by atoms with Crippen LogP contribution in [0.2, 0.25) is 0 Å². The molecule has 2 unspecified atom stereocenters. The van der Waals surface area contributed by atoms with Crippen LogP contribution in [0.1, 0.15) is 43.6 Å². The summed E-state index contributed by atoms with van der Waals surface area (Å²) in [7, 11) is 0. The fourth-order valence-electron chi connectivity index (χ4n) is 2.97. The van der Waals surface area contributed by atoms with Gasteiger partial charge in [-0.2, -0.15) is 0 Å². The first-order valence-corrected chi connectivity index (χ1v) is 8.66. The van der Waals surface area contributed by atoms with Gasteiger partial charge in [0.05, 0.1) is 0 Å². The average molecular weight is 280 g/mol. The van der Waals surface area contributed by atoms with Crippen molar-refractivity contribution in [3.63, 3.8) is 0 Å². The van der Waals surface area contributed by atoms with Crippen LogP contribution in [0.4, 0.5) is 0 Å². The lowest BCUT2D eigenvalue weighted by Crippen LogP contribution is -2.34. The number of aryl methyl sites for hydroxylation is 1. The van der Waals surface area contributed by atoms with E-state index in [2.05, 4.69) is 35.9 Å². The Kier molecular flexibility index (Phi) is 6.35. The topological polar surface area (TPSA) is 24.1 Å². The number of nitrogens with one attached hydrogen (secondary N) is 2. The summed E-state index contributed by atoms with van der Waals surface area (Å²) in [6, 6.07) is 2.26. The molecule has 1 aliphatic heterocycles. The van der Waals surface area contributed by atoms with Gasteiger partial charge in [0.15, 0.2) is 0 Å². The van der Waals surface area contributed by atoms with Crippen molar-refractivity contribution in [3.8, 4) is 0 Å². The van der Waals surface area contributed by atoms with Gasteiger partial charge in [-0.25, -0.2) is 0 Å². The predicted molar refractivity (Wildman–Crippen MR) is 84.8 cm³/mol. The molecule has 0 aliphatic carbocycles. The Labute approximate surface area is 122 Å². The second kappa shape index (κ2) is 8.03. The quantitative estimate of drug-likeness (QED) is 0.748. The summed E-state index contributed by atoms with van der Waals surface area (Å²) in [6.45, 7) is 9.31.